The predicted molar refractivity (Wildman–Crippen MR) is 111 cm³/mol. The molecule has 166 valence electrons. The molecule has 0 bridgehead atoms. The summed E-state index contributed by atoms with van der Waals surface area (Å²) < 4.78 is 27.9. The molecule has 4 heterocycles. The van der Waals surface area contributed by atoms with Gasteiger partial charge < -0.3 is 18.9 Å². The van der Waals surface area contributed by atoms with Crippen LogP contribution < -0.4 is 5.56 Å². The Bertz CT molecular complexity index is 1380. The van der Waals surface area contributed by atoms with Crippen LogP contribution in [-0.4, -0.2) is 66.9 Å². The first kappa shape index (κ1) is 19.5. The maximum absolute atomic E-state index is 14.1. The minimum absolute atomic E-state index is 0.129. The fourth-order valence-corrected chi connectivity index (χ4v) is 4.18. The molecule has 0 radical (unpaired) electrons. The molecule has 0 unspecified atom stereocenters. The molecule has 1 aromatic carbocycles. The van der Waals surface area contributed by atoms with Crippen LogP contribution in [0, 0.1) is 5.82 Å². The van der Waals surface area contributed by atoms with Crippen LogP contribution in [0.2, 0.25) is 0 Å². The molecule has 1 aliphatic heterocycles. The highest BCUT2D eigenvalue weighted by Gasteiger charge is 2.48. The summed E-state index contributed by atoms with van der Waals surface area (Å²) in [5.74, 6) is -0.150. The molecule has 3 aromatic heterocycles. The SMILES string of the molecule is O=c1c2c(-c3noc(C4(O)CC4)n3)ncn2c2ccc(F)cc2n1CCN1CCOCC1. The van der Waals surface area contributed by atoms with Crippen molar-refractivity contribution < 1.29 is 18.8 Å². The molecule has 1 saturated carbocycles. The Morgan fingerprint density at radius 2 is 1.97 bits per heavy atom. The lowest BCUT2D eigenvalue weighted by molar-refractivity contribution is 0.0364. The first-order valence-corrected chi connectivity index (χ1v) is 10.6. The number of halogens is 1. The zero-order chi connectivity index (χ0) is 21.9. The Balaban J connectivity index is 1.49. The molecule has 0 amide bonds. The summed E-state index contributed by atoms with van der Waals surface area (Å²) >= 11 is 0. The van der Waals surface area contributed by atoms with Crippen LogP contribution in [-0.2, 0) is 16.9 Å². The first-order chi connectivity index (χ1) is 15.5. The second kappa shape index (κ2) is 7.19. The summed E-state index contributed by atoms with van der Waals surface area (Å²) in [6.45, 7) is 3.90. The van der Waals surface area contributed by atoms with Gasteiger partial charge in [-0.05, 0) is 31.0 Å². The Kier molecular flexibility index (Phi) is 4.39. The number of ether oxygens (including phenoxy) is 1. The van der Waals surface area contributed by atoms with Gasteiger partial charge >= 0.3 is 0 Å². The van der Waals surface area contributed by atoms with E-state index in [0.29, 0.717) is 50.2 Å². The quantitative estimate of drug-likeness (QED) is 0.492. The lowest BCUT2D eigenvalue weighted by Crippen LogP contribution is -2.39. The zero-order valence-corrected chi connectivity index (χ0v) is 17.2. The van der Waals surface area contributed by atoms with Gasteiger partial charge in [-0.3, -0.25) is 14.1 Å². The number of aromatic nitrogens is 5. The highest BCUT2D eigenvalue weighted by Crippen LogP contribution is 2.44. The van der Waals surface area contributed by atoms with E-state index in [-0.39, 0.29) is 28.5 Å². The van der Waals surface area contributed by atoms with Crippen molar-refractivity contribution in [2.75, 3.05) is 32.8 Å². The van der Waals surface area contributed by atoms with Gasteiger partial charge in [-0.2, -0.15) is 4.98 Å². The normalized spacial score (nSPS) is 18.6. The highest BCUT2D eigenvalue weighted by atomic mass is 19.1. The summed E-state index contributed by atoms with van der Waals surface area (Å²) in [5, 5.41) is 14.2. The Morgan fingerprint density at radius 1 is 1.16 bits per heavy atom. The maximum Gasteiger partial charge on any atom is 0.277 e. The van der Waals surface area contributed by atoms with Crippen molar-refractivity contribution in [2.45, 2.75) is 25.0 Å². The topological polar surface area (TPSA) is 111 Å². The molecule has 2 aliphatic rings. The number of rotatable bonds is 5. The van der Waals surface area contributed by atoms with Crippen molar-refractivity contribution in [3.8, 4) is 11.5 Å². The summed E-state index contributed by atoms with van der Waals surface area (Å²) in [7, 11) is 0. The summed E-state index contributed by atoms with van der Waals surface area (Å²) in [5.41, 5.74) is 0.276. The van der Waals surface area contributed by atoms with E-state index in [1.165, 1.54) is 18.5 Å². The highest BCUT2D eigenvalue weighted by molar-refractivity contribution is 5.83. The third kappa shape index (κ3) is 3.12. The smallest absolute Gasteiger partial charge is 0.277 e. The number of aliphatic hydroxyl groups is 1. The molecule has 2 fully saturated rings. The molecule has 1 aliphatic carbocycles. The van der Waals surface area contributed by atoms with Gasteiger partial charge in [0.15, 0.2) is 0 Å². The van der Waals surface area contributed by atoms with Crippen molar-refractivity contribution >= 4 is 16.6 Å². The number of nitrogens with zero attached hydrogens (tertiary/aromatic N) is 6. The molecule has 0 spiro atoms. The summed E-state index contributed by atoms with van der Waals surface area (Å²) in [6.07, 6.45) is 2.62. The zero-order valence-electron chi connectivity index (χ0n) is 17.2. The first-order valence-electron chi connectivity index (χ1n) is 10.6. The Hall–Kier alpha value is -3.15. The van der Waals surface area contributed by atoms with E-state index in [9.17, 15) is 14.3 Å². The lowest BCUT2D eigenvalue weighted by atomic mass is 10.2. The fourth-order valence-electron chi connectivity index (χ4n) is 4.18. The molecule has 1 N–H and O–H groups in total. The van der Waals surface area contributed by atoms with Crippen LogP contribution in [0.4, 0.5) is 4.39 Å². The second-order valence-electron chi connectivity index (χ2n) is 8.31. The molecule has 1 saturated heterocycles. The van der Waals surface area contributed by atoms with Gasteiger partial charge in [-0.15, -0.1) is 0 Å². The van der Waals surface area contributed by atoms with E-state index in [1.54, 1.807) is 15.0 Å². The molecular formula is C21H21FN6O4. The van der Waals surface area contributed by atoms with E-state index in [1.807, 2.05) is 0 Å². The maximum atomic E-state index is 14.1. The van der Waals surface area contributed by atoms with Crippen LogP contribution in [0.3, 0.4) is 0 Å². The van der Waals surface area contributed by atoms with Crippen LogP contribution in [0.25, 0.3) is 28.1 Å². The number of fused-ring (bicyclic) bond motifs is 3. The largest absolute Gasteiger partial charge is 0.380 e. The fraction of sp³-hybridized carbons (Fsp3) is 0.429. The van der Waals surface area contributed by atoms with Crippen molar-refractivity contribution in [2.24, 2.45) is 0 Å². The molecule has 10 nitrogen and oxygen atoms in total. The third-order valence-electron chi connectivity index (χ3n) is 6.21. The molecular weight excluding hydrogens is 419 g/mol. The molecule has 4 aromatic rings. The Labute approximate surface area is 180 Å². The monoisotopic (exact) mass is 440 g/mol. The minimum atomic E-state index is -1.08. The molecule has 11 heteroatoms. The van der Waals surface area contributed by atoms with Gasteiger partial charge in [-0.1, -0.05) is 5.16 Å². The third-order valence-corrected chi connectivity index (χ3v) is 6.21. The van der Waals surface area contributed by atoms with Gasteiger partial charge in [0, 0.05) is 26.2 Å². The minimum Gasteiger partial charge on any atom is -0.380 e. The van der Waals surface area contributed by atoms with E-state index in [0.717, 1.165) is 13.1 Å². The number of imidazole rings is 1. The van der Waals surface area contributed by atoms with Gasteiger partial charge in [0.25, 0.3) is 11.4 Å². The van der Waals surface area contributed by atoms with Gasteiger partial charge in [0.05, 0.1) is 24.2 Å². The van der Waals surface area contributed by atoms with Crippen molar-refractivity contribution in [1.29, 1.82) is 0 Å². The van der Waals surface area contributed by atoms with Crippen LogP contribution in [0.1, 0.15) is 18.7 Å². The van der Waals surface area contributed by atoms with E-state index in [2.05, 4.69) is 20.0 Å². The average molecular weight is 440 g/mol. The van der Waals surface area contributed by atoms with Crippen LogP contribution in [0.15, 0.2) is 33.8 Å². The average Bonchev–Trinajstić information content (AvgIpc) is 3.19. The molecule has 32 heavy (non-hydrogen) atoms. The van der Waals surface area contributed by atoms with E-state index in [4.69, 9.17) is 9.26 Å². The van der Waals surface area contributed by atoms with Crippen molar-refractivity contribution in [1.82, 2.24) is 29.0 Å². The van der Waals surface area contributed by atoms with Gasteiger partial charge in [0.1, 0.15) is 29.0 Å². The Morgan fingerprint density at radius 3 is 2.75 bits per heavy atom. The van der Waals surface area contributed by atoms with Crippen molar-refractivity contribution in [3.05, 3.63) is 46.6 Å². The summed E-state index contributed by atoms with van der Waals surface area (Å²) in [6, 6.07) is 4.35. The van der Waals surface area contributed by atoms with E-state index >= 15 is 0 Å². The van der Waals surface area contributed by atoms with Gasteiger partial charge in [0.2, 0.25) is 5.82 Å². The second-order valence-corrected chi connectivity index (χ2v) is 8.31. The standard InChI is InChI=1S/C21H21FN6O4/c22-13-1-2-14-15(11-13)27(6-5-26-7-9-31-10-8-26)19(29)17-16(23-12-28(14)17)18-24-20(32-25-18)21(30)3-4-21/h1-2,11-12,30H,3-10H2. The van der Waals surface area contributed by atoms with Crippen LogP contribution in [0.5, 0.6) is 0 Å². The van der Waals surface area contributed by atoms with Crippen LogP contribution >= 0.6 is 0 Å². The molecule has 6 rings (SSSR count). The number of hydrogen-bond donors (Lipinski definition) is 1. The lowest BCUT2D eigenvalue weighted by Gasteiger charge is -2.27. The van der Waals surface area contributed by atoms with Gasteiger partial charge in [-0.25, -0.2) is 9.37 Å². The summed E-state index contributed by atoms with van der Waals surface area (Å²) in [4.78, 5) is 24.5. The predicted octanol–water partition coefficient (Wildman–Crippen LogP) is 1.15. The van der Waals surface area contributed by atoms with Crippen molar-refractivity contribution in [3.63, 3.8) is 0 Å². The van der Waals surface area contributed by atoms with E-state index < -0.39 is 11.4 Å². The number of benzene rings is 1. The number of hydrogen-bond acceptors (Lipinski definition) is 8. The molecule has 0 atom stereocenters. The number of morpholine rings is 1.